The molecule has 0 radical (unpaired) electrons. The van der Waals surface area contributed by atoms with Gasteiger partial charge in [-0.05, 0) is 11.9 Å². The van der Waals surface area contributed by atoms with Crippen molar-refractivity contribution in [3.05, 3.63) is 6.33 Å². The lowest BCUT2D eigenvalue weighted by molar-refractivity contribution is -0.0511. The molecule has 1 fully saturated rings. The summed E-state index contributed by atoms with van der Waals surface area (Å²) in [4.78, 5) is 12.2. The van der Waals surface area contributed by atoms with E-state index in [9.17, 15) is 10.2 Å². The molecule has 3 heterocycles. The van der Waals surface area contributed by atoms with Gasteiger partial charge in [-0.2, -0.15) is 0 Å². The third-order valence-electron chi connectivity index (χ3n) is 3.32. The van der Waals surface area contributed by atoms with E-state index in [0.29, 0.717) is 11.2 Å². The van der Waals surface area contributed by atoms with E-state index in [4.69, 9.17) is 20.7 Å². The molecule has 7 N–H and O–H groups in total. The molecule has 0 bridgehead atoms. The number of anilines is 1. The zero-order chi connectivity index (χ0) is 15.1. The summed E-state index contributed by atoms with van der Waals surface area (Å²) in [6.07, 6.45) is -2.89. The van der Waals surface area contributed by atoms with Gasteiger partial charge in [0.25, 0.3) is 0 Å². The first-order valence-corrected chi connectivity index (χ1v) is 6.94. The fraction of sp³-hybridized carbons (Fsp3) is 0.500. The summed E-state index contributed by atoms with van der Waals surface area (Å²) in [6, 6.07) is 0. The number of imidazole rings is 1. The van der Waals surface area contributed by atoms with Gasteiger partial charge in [-0.3, -0.25) is 9.71 Å². The van der Waals surface area contributed by atoms with Crippen molar-refractivity contribution in [2.75, 3.05) is 12.3 Å². The van der Waals surface area contributed by atoms with E-state index in [1.165, 1.54) is 10.9 Å². The maximum atomic E-state index is 10.0. The maximum absolute atomic E-state index is 10.0. The Bertz CT molecular complexity index is 666. The van der Waals surface area contributed by atoms with Crippen LogP contribution in [-0.2, 0) is 4.74 Å². The smallest absolute Gasteiger partial charge is 0.206 e. The standard InChI is InChI=1S/C10H14N6O4S/c11-7-4-8(15-10(14-7)21-12)16(2-13-4)9-6(19)5(18)3(1-17)20-9/h2-3,5-6,9,17-19H,1,12H2,(H2,11,14,15)/t3-,5-,6-,9-/m1/s1. The molecule has 11 heteroatoms. The summed E-state index contributed by atoms with van der Waals surface area (Å²) < 4.78 is 6.86. The van der Waals surface area contributed by atoms with Crippen LogP contribution in [0.2, 0.25) is 0 Å². The maximum Gasteiger partial charge on any atom is 0.206 e. The van der Waals surface area contributed by atoms with Gasteiger partial charge in [0.05, 0.1) is 12.9 Å². The molecule has 2 aromatic heterocycles. The van der Waals surface area contributed by atoms with Gasteiger partial charge in [0.15, 0.2) is 17.7 Å². The molecule has 1 aliphatic rings. The lowest BCUT2D eigenvalue weighted by Gasteiger charge is -2.16. The summed E-state index contributed by atoms with van der Waals surface area (Å²) in [5, 5.41) is 34.6. The number of nitrogen functional groups attached to an aromatic ring is 1. The average Bonchev–Trinajstić information content (AvgIpc) is 3.02. The first-order valence-electron chi connectivity index (χ1n) is 6.06. The molecule has 10 nitrogen and oxygen atoms in total. The second-order valence-corrected chi connectivity index (χ2v) is 5.16. The number of aliphatic hydroxyl groups is 3. The van der Waals surface area contributed by atoms with Crippen LogP contribution in [-0.4, -0.2) is 59.8 Å². The number of aromatic nitrogens is 4. The van der Waals surface area contributed by atoms with Crippen molar-refractivity contribution >= 4 is 28.9 Å². The molecule has 0 amide bonds. The Morgan fingerprint density at radius 3 is 2.71 bits per heavy atom. The Labute approximate surface area is 122 Å². The van der Waals surface area contributed by atoms with Gasteiger partial charge < -0.3 is 25.8 Å². The van der Waals surface area contributed by atoms with Crippen LogP contribution >= 0.6 is 11.9 Å². The van der Waals surface area contributed by atoms with Gasteiger partial charge in [0.1, 0.15) is 23.8 Å². The lowest BCUT2D eigenvalue weighted by Crippen LogP contribution is -2.33. The average molecular weight is 314 g/mol. The van der Waals surface area contributed by atoms with Crippen LogP contribution in [0.25, 0.3) is 11.2 Å². The van der Waals surface area contributed by atoms with Gasteiger partial charge in [0.2, 0.25) is 5.16 Å². The van der Waals surface area contributed by atoms with Crippen LogP contribution in [0.3, 0.4) is 0 Å². The zero-order valence-corrected chi connectivity index (χ0v) is 11.5. The summed E-state index contributed by atoms with van der Waals surface area (Å²) in [7, 11) is 0. The zero-order valence-electron chi connectivity index (χ0n) is 10.7. The number of fused-ring (bicyclic) bond motifs is 1. The third kappa shape index (κ3) is 2.23. The largest absolute Gasteiger partial charge is 0.394 e. The highest BCUT2D eigenvalue weighted by Crippen LogP contribution is 2.32. The third-order valence-corrected chi connectivity index (χ3v) is 3.72. The number of hydrogen-bond donors (Lipinski definition) is 5. The molecule has 2 aromatic rings. The highest BCUT2D eigenvalue weighted by molar-refractivity contribution is 7.96. The molecule has 21 heavy (non-hydrogen) atoms. The van der Waals surface area contributed by atoms with E-state index in [1.807, 2.05) is 0 Å². The van der Waals surface area contributed by atoms with Crippen LogP contribution in [0.1, 0.15) is 6.23 Å². The summed E-state index contributed by atoms with van der Waals surface area (Å²) in [5.74, 6) is 0.151. The van der Waals surface area contributed by atoms with Crippen molar-refractivity contribution in [2.45, 2.75) is 29.7 Å². The molecule has 1 saturated heterocycles. The highest BCUT2D eigenvalue weighted by Gasteiger charge is 2.44. The minimum atomic E-state index is -1.23. The predicted octanol–water partition coefficient (Wildman–Crippen LogP) is -2.01. The second kappa shape index (κ2) is 5.36. The Hall–Kier alpha value is -1.50. The first-order chi connectivity index (χ1) is 10.1. The van der Waals surface area contributed by atoms with Crippen molar-refractivity contribution in [3.8, 4) is 0 Å². The molecule has 0 saturated carbocycles. The van der Waals surface area contributed by atoms with Crippen LogP contribution in [0, 0.1) is 0 Å². The normalized spacial score (nSPS) is 29.3. The minimum absolute atomic E-state index is 0.151. The molecule has 4 atom stereocenters. The fourth-order valence-corrected chi connectivity index (χ4v) is 2.56. The van der Waals surface area contributed by atoms with E-state index in [2.05, 4.69) is 15.0 Å². The number of nitrogens with zero attached hydrogens (tertiary/aromatic N) is 4. The molecule has 0 aliphatic carbocycles. The van der Waals surface area contributed by atoms with Gasteiger partial charge in [-0.1, -0.05) is 0 Å². The van der Waals surface area contributed by atoms with Crippen molar-refractivity contribution in [1.82, 2.24) is 19.5 Å². The number of rotatable bonds is 3. The van der Waals surface area contributed by atoms with E-state index < -0.39 is 31.1 Å². The van der Waals surface area contributed by atoms with Gasteiger partial charge >= 0.3 is 0 Å². The number of nitrogens with two attached hydrogens (primary N) is 2. The van der Waals surface area contributed by atoms with E-state index in [-0.39, 0.29) is 11.0 Å². The van der Waals surface area contributed by atoms with Gasteiger partial charge in [-0.25, -0.2) is 15.0 Å². The SMILES string of the molecule is NSc1nc(N)c2ncn([C@@H]3O[C@H](CO)[C@@H](O)[C@H]3O)c2n1. The first kappa shape index (κ1) is 14.4. The number of ether oxygens (including phenoxy) is 1. The monoisotopic (exact) mass is 314 g/mol. The van der Waals surface area contributed by atoms with Crippen molar-refractivity contribution < 1.29 is 20.1 Å². The second-order valence-electron chi connectivity index (χ2n) is 4.56. The van der Waals surface area contributed by atoms with Gasteiger partial charge in [-0.15, -0.1) is 0 Å². The van der Waals surface area contributed by atoms with Crippen LogP contribution in [0.5, 0.6) is 0 Å². The highest BCUT2D eigenvalue weighted by atomic mass is 32.2. The lowest BCUT2D eigenvalue weighted by atomic mass is 10.1. The van der Waals surface area contributed by atoms with E-state index >= 15 is 0 Å². The van der Waals surface area contributed by atoms with Crippen molar-refractivity contribution in [1.29, 1.82) is 0 Å². The summed E-state index contributed by atoms with van der Waals surface area (Å²) >= 11 is 0.823. The molecule has 0 spiro atoms. The number of hydrogen-bond acceptors (Lipinski definition) is 10. The van der Waals surface area contributed by atoms with Crippen molar-refractivity contribution in [3.63, 3.8) is 0 Å². The fourth-order valence-electron chi connectivity index (χ4n) is 2.27. The Morgan fingerprint density at radius 1 is 1.33 bits per heavy atom. The number of aliphatic hydroxyl groups excluding tert-OH is 3. The molecule has 3 rings (SSSR count). The predicted molar refractivity (Wildman–Crippen MR) is 72.8 cm³/mol. The van der Waals surface area contributed by atoms with E-state index in [1.54, 1.807) is 0 Å². The van der Waals surface area contributed by atoms with E-state index in [0.717, 1.165) is 11.9 Å². The topological polar surface area (TPSA) is 166 Å². The molecular formula is C10H14N6O4S. The van der Waals surface area contributed by atoms with Gasteiger partial charge in [0, 0.05) is 0 Å². The van der Waals surface area contributed by atoms with Crippen LogP contribution < -0.4 is 10.9 Å². The molecule has 0 aromatic carbocycles. The molecule has 1 aliphatic heterocycles. The summed E-state index contributed by atoms with van der Waals surface area (Å²) in [6.45, 7) is -0.414. The molecule has 0 unspecified atom stereocenters. The van der Waals surface area contributed by atoms with Crippen molar-refractivity contribution in [2.24, 2.45) is 5.14 Å². The summed E-state index contributed by atoms with van der Waals surface area (Å²) in [5.41, 5.74) is 6.43. The minimum Gasteiger partial charge on any atom is -0.394 e. The molecule has 114 valence electrons. The Morgan fingerprint density at radius 2 is 2.10 bits per heavy atom. The van der Waals surface area contributed by atoms with Crippen LogP contribution in [0.15, 0.2) is 11.5 Å². The van der Waals surface area contributed by atoms with Crippen LogP contribution in [0.4, 0.5) is 5.82 Å². The molecular weight excluding hydrogens is 300 g/mol. The quantitative estimate of drug-likeness (QED) is 0.315. The Kier molecular flexibility index (Phi) is 3.69. The Balaban J connectivity index is 2.07.